The third-order valence-electron chi connectivity index (χ3n) is 6.32. The van der Waals surface area contributed by atoms with Crippen molar-refractivity contribution >= 4 is 22.7 Å². The first-order valence-corrected chi connectivity index (χ1v) is 10.4. The van der Waals surface area contributed by atoms with Gasteiger partial charge < -0.3 is 19.1 Å². The molecule has 6 heteroatoms. The maximum absolute atomic E-state index is 13.5. The number of aryl methyl sites for hydroxylation is 1. The predicted octanol–water partition coefficient (Wildman–Crippen LogP) is 2.97. The summed E-state index contributed by atoms with van der Waals surface area (Å²) in [6, 6.07) is 15.1. The van der Waals surface area contributed by atoms with Crippen LogP contribution in [-0.2, 0) is 16.6 Å². The standard InChI is InChI=1S/C24H25N3O3/c1-16(23(28)26-11-13-30-14-12-26)27-22(18-8-3-4-9-19(18)24(27)29)20-15-25(2)21-10-6-5-7-17(20)21/h3-10,15-16,22H,11-14H2,1-2H3/t16-,22+/m0/s1. The molecule has 0 aliphatic carbocycles. The van der Waals surface area contributed by atoms with E-state index in [-0.39, 0.29) is 17.9 Å². The molecule has 6 nitrogen and oxygen atoms in total. The fourth-order valence-corrected chi connectivity index (χ4v) is 4.81. The van der Waals surface area contributed by atoms with Crippen LogP contribution in [0, 0.1) is 0 Å². The highest BCUT2D eigenvalue weighted by molar-refractivity contribution is 6.03. The summed E-state index contributed by atoms with van der Waals surface area (Å²) in [5, 5.41) is 1.10. The van der Waals surface area contributed by atoms with Crippen LogP contribution in [0.25, 0.3) is 10.9 Å². The monoisotopic (exact) mass is 403 g/mol. The van der Waals surface area contributed by atoms with Gasteiger partial charge in [0, 0.05) is 48.4 Å². The lowest BCUT2D eigenvalue weighted by atomic mass is 9.97. The van der Waals surface area contributed by atoms with Crippen LogP contribution in [0.5, 0.6) is 0 Å². The second kappa shape index (κ2) is 7.29. The largest absolute Gasteiger partial charge is 0.378 e. The molecule has 154 valence electrons. The van der Waals surface area contributed by atoms with Crippen LogP contribution in [0.4, 0.5) is 0 Å². The molecule has 1 aromatic heterocycles. The number of aromatic nitrogens is 1. The van der Waals surface area contributed by atoms with Gasteiger partial charge in [0.1, 0.15) is 6.04 Å². The summed E-state index contributed by atoms with van der Waals surface area (Å²) in [5.74, 6) is -0.109. The zero-order chi connectivity index (χ0) is 20.8. The second-order valence-corrected chi connectivity index (χ2v) is 8.03. The highest BCUT2D eigenvalue weighted by atomic mass is 16.5. The van der Waals surface area contributed by atoms with Crippen molar-refractivity contribution in [2.75, 3.05) is 26.3 Å². The van der Waals surface area contributed by atoms with Gasteiger partial charge in [-0.05, 0) is 24.6 Å². The summed E-state index contributed by atoms with van der Waals surface area (Å²) in [7, 11) is 2.02. The average Bonchev–Trinajstić information content (AvgIpc) is 3.28. The van der Waals surface area contributed by atoms with Crippen LogP contribution < -0.4 is 0 Å². The molecule has 0 unspecified atom stereocenters. The minimum atomic E-state index is -0.563. The molecule has 30 heavy (non-hydrogen) atoms. The zero-order valence-corrected chi connectivity index (χ0v) is 17.2. The van der Waals surface area contributed by atoms with Crippen molar-refractivity contribution in [3.05, 3.63) is 71.4 Å². The van der Waals surface area contributed by atoms with E-state index in [4.69, 9.17) is 4.74 Å². The van der Waals surface area contributed by atoms with Crippen LogP contribution in [-0.4, -0.2) is 58.5 Å². The lowest BCUT2D eigenvalue weighted by molar-refractivity contribution is -0.140. The Morgan fingerprint density at radius 2 is 1.73 bits per heavy atom. The van der Waals surface area contributed by atoms with Gasteiger partial charge in [-0.3, -0.25) is 9.59 Å². The van der Waals surface area contributed by atoms with Crippen molar-refractivity contribution in [1.82, 2.24) is 14.4 Å². The smallest absolute Gasteiger partial charge is 0.255 e. The number of fused-ring (bicyclic) bond motifs is 2. The highest BCUT2D eigenvalue weighted by Crippen LogP contribution is 2.42. The van der Waals surface area contributed by atoms with Gasteiger partial charge >= 0.3 is 0 Å². The van der Waals surface area contributed by atoms with Crippen molar-refractivity contribution in [3.8, 4) is 0 Å². The normalized spacial score (nSPS) is 19.9. The molecule has 2 aliphatic heterocycles. The Balaban J connectivity index is 1.62. The second-order valence-electron chi connectivity index (χ2n) is 8.03. The lowest BCUT2D eigenvalue weighted by Gasteiger charge is -2.35. The number of carbonyl (C=O) groups excluding carboxylic acids is 2. The number of carbonyl (C=O) groups is 2. The summed E-state index contributed by atoms with van der Waals surface area (Å²) >= 11 is 0. The summed E-state index contributed by atoms with van der Waals surface area (Å²) in [6.45, 7) is 4.06. The van der Waals surface area contributed by atoms with Gasteiger partial charge in [-0.25, -0.2) is 0 Å². The third-order valence-corrected chi connectivity index (χ3v) is 6.32. The minimum absolute atomic E-state index is 0.0234. The van der Waals surface area contributed by atoms with E-state index in [9.17, 15) is 9.59 Å². The molecule has 0 saturated carbocycles. The van der Waals surface area contributed by atoms with E-state index >= 15 is 0 Å². The Morgan fingerprint density at radius 3 is 2.53 bits per heavy atom. The molecule has 0 spiro atoms. The Hall–Kier alpha value is -3.12. The molecule has 2 aliphatic rings. The predicted molar refractivity (Wildman–Crippen MR) is 114 cm³/mol. The van der Waals surface area contributed by atoms with Gasteiger partial charge in [0.25, 0.3) is 5.91 Å². The van der Waals surface area contributed by atoms with E-state index in [1.54, 1.807) is 4.90 Å². The van der Waals surface area contributed by atoms with E-state index < -0.39 is 6.04 Å². The molecule has 0 N–H and O–H groups in total. The van der Waals surface area contributed by atoms with Gasteiger partial charge in [-0.1, -0.05) is 36.4 Å². The number of rotatable bonds is 3. The SMILES string of the molecule is C[C@@H](C(=O)N1CCOCC1)N1C(=O)c2ccccc2[C@@H]1c1cn(C)c2ccccc12. The van der Waals surface area contributed by atoms with Gasteiger partial charge in [-0.15, -0.1) is 0 Å². The fourth-order valence-electron chi connectivity index (χ4n) is 4.81. The summed E-state index contributed by atoms with van der Waals surface area (Å²) < 4.78 is 7.48. The number of morpholine rings is 1. The number of nitrogens with zero attached hydrogens (tertiary/aromatic N) is 3. The minimum Gasteiger partial charge on any atom is -0.378 e. The van der Waals surface area contributed by atoms with Crippen LogP contribution in [0.1, 0.15) is 34.5 Å². The van der Waals surface area contributed by atoms with Crippen molar-refractivity contribution in [2.45, 2.75) is 19.0 Å². The lowest BCUT2D eigenvalue weighted by Crippen LogP contribution is -2.51. The van der Waals surface area contributed by atoms with Gasteiger partial charge in [0.15, 0.2) is 0 Å². The first-order valence-electron chi connectivity index (χ1n) is 10.4. The van der Waals surface area contributed by atoms with Gasteiger partial charge in [-0.2, -0.15) is 0 Å². The van der Waals surface area contributed by atoms with Crippen molar-refractivity contribution < 1.29 is 14.3 Å². The van der Waals surface area contributed by atoms with Crippen molar-refractivity contribution in [2.24, 2.45) is 7.05 Å². The molecule has 3 heterocycles. The number of amides is 2. The average molecular weight is 403 g/mol. The molecule has 0 bridgehead atoms. The topological polar surface area (TPSA) is 54.8 Å². The van der Waals surface area contributed by atoms with Crippen LogP contribution in [0.3, 0.4) is 0 Å². The molecular formula is C24H25N3O3. The first-order chi connectivity index (χ1) is 14.6. The maximum Gasteiger partial charge on any atom is 0.255 e. The van der Waals surface area contributed by atoms with E-state index in [2.05, 4.69) is 22.9 Å². The molecule has 2 atom stereocenters. The molecular weight excluding hydrogens is 378 g/mol. The molecule has 1 saturated heterocycles. The molecule has 0 radical (unpaired) electrons. The fraction of sp³-hybridized carbons (Fsp3) is 0.333. The molecule has 1 fully saturated rings. The van der Waals surface area contributed by atoms with Crippen LogP contribution in [0.2, 0.25) is 0 Å². The molecule has 2 aromatic carbocycles. The Labute approximate surface area is 175 Å². The van der Waals surface area contributed by atoms with Gasteiger partial charge in [0.2, 0.25) is 5.91 Å². The summed E-state index contributed by atoms with van der Waals surface area (Å²) in [6.07, 6.45) is 2.09. The van der Waals surface area contributed by atoms with Crippen LogP contribution >= 0.6 is 0 Å². The highest BCUT2D eigenvalue weighted by Gasteiger charge is 2.44. The Kier molecular flexibility index (Phi) is 4.59. The Morgan fingerprint density at radius 1 is 1.03 bits per heavy atom. The van der Waals surface area contributed by atoms with E-state index in [0.717, 1.165) is 22.0 Å². The quantitative estimate of drug-likeness (QED) is 0.676. The number of hydrogen-bond donors (Lipinski definition) is 0. The first kappa shape index (κ1) is 18.9. The van der Waals surface area contributed by atoms with E-state index in [0.29, 0.717) is 31.9 Å². The summed E-state index contributed by atoms with van der Waals surface area (Å²) in [5.41, 5.74) is 3.79. The number of hydrogen-bond acceptors (Lipinski definition) is 3. The van der Waals surface area contributed by atoms with Crippen LogP contribution in [0.15, 0.2) is 54.7 Å². The van der Waals surface area contributed by atoms with E-state index in [1.165, 1.54) is 0 Å². The maximum atomic E-state index is 13.5. The number of ether oxygens (including phenoxy) is 1. The molecule has 5 rings (SSSR count). The zero-order valence-electron chi connectivity index (χ0n) is 17.2. The molecule has 3 aromatic rings. The van der Waals surface area contributed by atoms with Crippen molar-refractivity contribution in [1.29, 1.82) is 0 Å². The van der Waals surface area contributed by atoms with Gasteiger partial charge in [0.05, 0.1) is 19.3 Å². The summed E-state index contributed by atoms with van der Waals surface area (Å²) in [4.78, 5) is 30.4. The Bertz CT molecular complexity index is 1130. The number of benzene rings is 2. The van der Waals surface area contributed by atoms with E-state index in [1.807, 2.05) is 55.3 Å². The number of para-hydroxylation sites is 1. The van der Waals surface area contributed by atoms with Crippen molar-refractivity contribution in [3.63, 3.8) is 0 Å². The molecule has 2 amide bonds. The third kappa shape index (κ3) is 2.82.